The van der Waals surface area contributed by atoms with Crippen molar-refractivity contribution in [1.29, 1.82) is 0 Å². The first-order chi connectivity index (χ1) is 9.13. The molecule has 0 aromatic heterocycles. The fourth-order valence-electron chi connectivity index (χ4n) is 3.71. The monoisotopic (exact) mass is 267 g/mol. The predicted molar refractivity (Wildman–Crippen MR) is 77.8 cm³/mol. The Labute approximate surface area is 117 Å². The van der Waals surface area contributed by atoms with Gasteiger partial charge in [0.2, 0.25) is 5.91 Å². The molecule has 2 rings (SSSR count). The van der Waals surface area contributed by atoms with Gasteiger partial charge >= 0.3 is 0 Å². The number of nitrogens with two attached hydrogens (primary N) is 1. The Morgan fingerprint density at radius 3 is 2.68 bits per heavy atom. The second-order valence-electron chi connectivity index (χ2n) is 6.29. The van der Waals surface area contributed by atoms with E-state index in [4.69, 9.17) is 5.73 Å². The number of nitrogens with zero attached hydrogens (tertiary/aromatic N) is 1. The van der Waals surface area contributed by atoms with E-state index in [0.29, 0.717) is 24.5 Å². The van der Waals surface area contributed by atoms with Gasteiger partial charge in [0, 0.05) is 25.2 Å². The minimum atomic E-state index is 0.181. The molecular weight excluding hydrogens is 238 g/mol. The van der Waals surface area contributed by atoms with Crippen molar-refractivity contribution in [3.05, 3.63) is 0 Å². The molecule has 0 radical (unpaired) electrons. The van der Waals surface area contributed by atoms with E-state index in [0.717, 1.165) is 38.3 Å². The number of likely N-dealkylation sites (tertiary alicyclic amines) is 1. The van der Waals surface area contributed by atoms with Gasteiger partial charge in [-0.2, -0.15) is 0 Å². The summed E-state index contributed by atoms with van der Waals surface area (Å²) in [5.41, 5.74) is 6.21. The van der Waals surface area contributed by atoms with Gasteiger partial charge < -0.3 is 11.1 Å². The van der Waals surface area contributed by atoms with Crippen molar-refractivity contribution in [2.75, 3.05) is 19.6 Å². The fraction of sp³-hybridized carbons (Fsp3) is 0.933. The lowest BCUT2D eigenvalue weighted by Gasteiger charge is -2.29. The Hall–Kier alpha value is -0.610. The van der Waals surface area contributed by atoms with Gasteiger partial charge in [0.15, 0.2) is 0 Å². The lowest BCUT2D eigenvalue weighted by Crippen LogP contribution is -2.41. The summed E-state index contributed by atoms with van der Waals surface area (Å²) in [7, 11) is 0. The molecule has 0 aromatic carbocycles. The lowest BCUT2D eigenvalue weighted by molar-refractivity contribution is -0.122. The average molecular weight is 267 g/mol. The zero-order valence-corrected chi connectivity index (χ0v) is 12.4. The summed E-state index contributed by atoms with van der Waals surface area (Å²) in [5.74, 6) is 1.53. The van der Waals surface area contributed by atoms with Gasteiger partial charge in [0.25, 0.3) is 0 Å². The minimum absolute atomic E-state index is 0.181. The molecule has 3 atom stereocenters. The van der Waals surface area contributed by atoms with E-state index in [1.807, 2.05) is 0 Å². The van der Waals surface area contributed by atoms with Crippen LogP contribution in [0.4, 0.5) is 0 Å². The van der Waals surface area contributed by atoms with Gasteiger partial charge in [-0.05, 0) is 37.5 Å². The molecule has 1 aliphatic carbocycles. The molecule has 1 aliphatic heterocycles. The van der Waals surface area contributed by atoms with Gasteiger partial charge in [-0.25, -0.2) is 0 Å². The van der Waals surface area contributed by atoms with E-state index in [2.05, 4.69) is 24.1 Å². The van der Waals surface area contributed by atoms with E-state index in [1.165, 1.54) is 12.8 Å². The van der Waals surface area contributed by atoms with Crippen molar-refractivity contribution in [1.82, 2.24) is 10.2 Å². The number of carbonyl (C=O) groups excluding carboxylic acids is 1. The molecule has 4 nitrogen and oxygen atoms in total. The van der Waals surface area contributed by atoms with Crippen molar-refractivity contribution < 1.29 is 4.79 Å². The molecule has 0 spiro atoms. The fourth-order valence-corrected chi connectivity index (χ4v) is 3.71. The summed E-state index contributed by atoms with van der Waals surface area (Å²) in [6.07, 6.45) is 5.74. The van der Waals surface area contributed by atoms with Crippen LogP contribution in [0.2, 0.25) is 0 Å². The molecule has 0 aromatic rings. The predicted octanol–water partition coefficient (Wildman–Crippen LogP) is 1.35. The first-order valence-electron chi connectivity index (χ1n) is 7.91. The Bertz CT molecular complexity index is 304. The average Bonchev–Trinajstić information content (AvgIpc) is 2.79. The van der Waals surface area contributed by atoms with Crippen LogP contribution in [0.1, 0.15) is 46.0 Å². The molecule has 2 aliphatic rings. The summed E-state index contributed by atoms with van der Waals surface area (Å²) in [4.78, 5) is 14.3. The van der Waals surface area contributed by atoms with Gasteiger partial charge in [-0.3, -0.25) is 9.69 Å². The smallest absolute Gasteiger partial charge is 0.234 e. The van der Waals surface area contributed by atoms with Crippen LogP contribution in [0.15, 0.2) is 0 Å². The highest BCUT2D eigenvalue weighted by molar-refractivity contribution is 5.78. The van der Waals surface area contributed by atoms with Crippen molar-refractivity contribution in [2.24, 2.45) is 17.6 Å². The molecule has 110 valence electrons. The molecule has 3 unspecified atom stereocenters. The summed E-state index contributed by atoms with van der Waals surface area (Å²) in [6.45, 7) is 6.88. The number of hydrogen-bond acceptors (Lipinski definition) is 3. The van der Waals surface area contributed by atoms with Crippen LogP contribution in [0.5, 0.6) is 0 Å². The lowest BCUT2D eigenvalue weighted by atomic mass is 9.78. The standard InChI is InChI=1S/C15H29N3O/c1-3-12(4-2)17-15(19)10-18-8-11-6-5-7-14(16)13(11)9-18/h11-14H,3-10,16H2,1-2H3,(H,17,19). The van der Waals surface area contributed by atoms with E-state index >= 15 is 0 Å². The molecule has 1 heterocycles. The van der Waals surface area contributed by atoms with E-state index in [-0.39, 0.29) is 5.91 Å². The zero-order chi connectivity index (χ0) is 13.8. The van der Waals surface area contributed by atoms with Gasteiger partial charge in [-0.1, -0.05) is 20.3 Å². The molecule has 1 saturated heterocycles. The highest BCUT2D eigenvalue weighted by Gasteiger charge is 2.38. The Morgan fingerprint density at radius 1 is 1.32 bits per heavy atom. The normalized spacial score (nSPS) is 31.5. The topological polar surface area (TPSA) is 58.4 Å². The minimum Gasteiger partial charge on any atom is -0.352 e. The zero-order valence-electron chi connectivity index (χ0n) is 12.4. The maximum Gasteiger partial charge on any atom is 0.234 e. The summed E-state index contributed by atoms with van der Waals surface area (Å²) in [5, 5.41) is 3.12. The van der Waals surface area contributed by atoms with Gasteiger partial charge in [0.05, 0.1) is 6.54 Å². The van der Waals surface area contributed by atoms with Gasteiger partial charge in [0.1, 0.15) is 0 Å². The molecule has 3 N–H and O–H groups in total. The Kier molecular flexibility index (Phi) is 5.22. The number of amides is 1. The van der Waals surface area contributed by atoms with Crippen LogP contribution in [0, 0.1) is 11.8 Å². The van der Waals surface area contributed by atoms with Crippen molar-refractivity contribution in [3.63, 3.8) is 0 Å². The summed E-state index contributed by atoms with van der Waals surface area (Å²) in [6, 6.07) is 0.686. The van der Waals surface area contributed by atoms with Crippen LogP contribution in [-0.2, 0) is 4.79 Å². The SMILES string of the molecule is CCC(CC)NC(=O)CN1CC2CCCC(N)C2C1. The quantitative estimate of drug-likeness (QED) is 0.790. The van der Waals surface area contributed by atoms with E-state index < -0.39 is 0 Å². The maximum atomic E-state index is 12.0. The van der Waals surface area contributed by atoms with E-state index in [1.54, 1.807) is 0 Å². The highest BCUT2D eigenvalue weighted by Crippen LogP contribution is 2.35. The van der Waals surface area contributed by atoms with Crippen LogP contribution < -0.4 is 11.1 Å². The third kappa shape index (κ3) is 3.69. The molecule has 1 saturated carbocycles. The highest BCUT2D eigenvalue weighted by atomic mass is 16.2. The van der Waals surface area contributed by atoms with Crippen LogP contribution in [-0.4, -0.2) is 42.5 Å². The second-order valence-corrected chi connectivity index (χ2v) is 6.29. The number of nitrogens with one attached hydrogen (secondary N) is 1. The third-order valence-electron chi connectivity index (χ3n) is 4.95. The largest absolute Gasteiger partial charge is 0.352 e. The number of rotatable bonds is 5. The van der Waals surface area contributed by atoms with Crippen LogP contribution in [0.25, 0.3) is 0 Å². The second kappa shape index (κ2) is 6.71. The number of carbonyl (C=O) groups is 1. The van der Waals surface area contributed by atoms with Crippen molar-refractivity contribution in [3.8, 4) is 0 Å². The van der Waals surface area contributed by atoms with Gasteiger partial charge in [-0.15, -0.1) is 0 Å². The molecule has 0 bridgehead atoms. The maximum absolute atomic E-state index is 12.0. The number of fused-ring (bicyclic) bond motifs is 1. The van der Waals surface area contributed by atoms with Crippen molar-refractivity contribution in [2.45, 2.75) is 58.0 Å². The summed E-state index contributed by atoms with van der Waals surface area (Å²) < 4.78 is 0. The Balaban J connectivity index is 1.79. The Morgan fingerprint density at radius 2 is 2.05 bits per heavy atom. The van der Waals surface area contributed by atoms with Crippen LogP contribution >= 0.6 is 0 Å². The van der Waals surface area contributed by atoms with Crippen LogP contribution in [0.3, 0.4) is 0 Å². The summed E-state index contributed by atoms with van der Waals surface area (Å²) >= 11 is 0. The molecule has 4 heteroatoms. The van der Waals surface area contributed by atoms with E-state index in [9.17, 15) is 4.79 Å². The number of hydrogen-bond donors (Lipinski definition) is 2. The first-order valence-corrected chi connectivity index (χ1v) is 7.91. The first kappa shape index (κ1) is 14.8. The molecular formula is C15H29N3O. The molecule has 2 fully saturated rings. The third-order valence-corrected chi connectivity index (χ3v) is 4.95. The van der Waals surface area contributed by atoms with Crippen molar-refractivity contribution >= 4 is 5.91 Å². The molecule has 19 heavy (non-hydrogen) atoms. The molecule has 1 amide bonds.